The standard InChI is InChI=1S/C50H82O17/c1-5-6-7-8-9-10-11-12-13-14-15-16-17-18-19-35(54)44(61)49-47(64)39(58)29-41(67-49)48(65)43(60)31(3)21-23-34(53)40-28-38(57)46(63)50(66-40)45(62)36(55)26-30(2)20-22-33(52)27-37(56)42(59)32(4)24-25-51/h5-7,10-15,18-19,26,32-65H,1,3,8-9,16-17,20-25,27-29H2,2,4H3/b7-6+,11-10+,13-12+,15-14+,19-18+,30-26+/t32-,33-,34+,35-,36+,37-,38-,39+,40-,41+,42+,43+,44-,45+,46-,47+,48-,49-,50+/m0/s1. The van der Waals surface area contributed by atoms with Gasteiger partial charge in [-0.15, -0.1) is 0 Å². The second kappa shape index (κ2) is 32.2. The van der Waals surface area contributed by atoms with Gasteiger partial charge in [0, 0.05) is 25.9 Å². The normalized spacial score (nSPS) is 29.5. The molecule has 0 radical (unpaired) electrons. The van der Waals surface area contributed by atoms with E-state index in [0.717, 1.165) is 12.8 Å². The summed E-state index contributed by atoms with van der Waals surface area (Å²) in [6.07, 6.45) is -2.19. The summed E-state index contributed by atoms with van der Waals surface area (Å²) in [6, 6.07) is 0. The molecule has 0 aliphatic carbocycles. The van der Waals surface area contributed by atoms with Gasteiger partial charge < -0.3 is 86.1 Å². The molecule has 0 saturated carbocycles. The van der Waals surface area contributed by atoms with Crippen molar-refractivity contribution >= 4 is 0 Å². The zero-order valence-electron chi connectivity index (χ0n) is 39.0. The number of aliphatic hydroxyl groups is 15. The van der Waals surface area contributed by atoms with Crippen molar-refractivity contribution in [3.05, 3.63) is 97.2 Å². The van der Waals surface area contributed by atoms with Crippen LogP contribution in [0, 0.1) is 5.92 Å². The Bertz CT molecular complexity index is 1580. The van der Waals surface area contributed by atoms with Crippen LogP contribution in [-0.2, 0) is 9.47 Å². The first-order valence-corrected chi connectivity index (χ1v) is 23.5. The number of hydrogen-bond donors (Lipinski definition) is 15. The summed E-state index contributed by atoms with van der Waals surface area (Å²) >= 11 is 0. The van der Waals surface area contributed by atoms with Gasteiger partial charge in [-0.2, -0.15) is 0 Å². The van der Waals surface area contributed by atoms with Gasteiger partial charge in [-0.3, -0.25) is 0 Å². The largest absolute Gasteiger partial charge is 0.396 e. The maximum atomic E-state index is 11.1. The van der Waals surface area contributed by atoms with E-state index in [0.29, 0.717) is 18.4 Å². The summed E-state index contributed by atoms with van der Waals surface area (Å²) in [5.41, 5.74) is 0.560. The first-order valence-electron chi connectivity index (χ1n) is 23.5. The zero-order chi connectivity index (χ0) is 50.2. The SMILES string of the molecule is C=C/C=C/CC/C=C/C=C/C=C/CC/C=C/[C@H](O)[C@H](O)[C@@H]1O[C@@H]([C@H](O)[C@H](O)C(=C)CC[C@@H](O)[C@@H]2C[C@H](O)[C@H](O)[C@@H]([C@H](O)[C@H](O)/C=C(\C)CC[C@H](O)C[C@H](O)[C@H](O)[C@@H](C)CCO)O2)C[C@@H](O)[C@H]1O. The summed E-state index contributed by atoms with van der Waals surface area (Å²) in [4.78, 5) is 0. The third kappa shape index (κ3) is 21.0. The molecule has 2 heterocycles. The molecule has 19 atom stereocenters. The molecule has 2 rings (SSSR count). The quantitative estimate of drug-likeness (QED) is 0.0253. The molecule has 0 spiro atoms. The highest BCUT2D eigenvalue weighted by molar-refractivity contribution is 5.13. The van der Waals surface area contributed by atoms with Crippen LogP contribution in [0.15, 0.2) is 97.2 Å². The summed E-state index contributed by atoms with van der Waals surface area (Å²) in [5.74, 6) is -0.385. The molecule has 0 bridgehead atoms. The van der Waals surface area contributed by atoms with Gasteiger partial charge in [0.05, 0.1) is 48.8 Å². The van der Waals surface area contributed by atoms with Crippen molar-refractivity contribution < 1.29 is 86.1 Å². The number of allylic oxidation sites excluding steroid dienone is 11. The van der Waals surface area contributed by atoms with Crippen LogP contribution >= 0.6 is 0 Å². The average Bonchev–Trinajstić information content (AvgIpc) is 3.30. The Morgan fingerprint density at radius 2 is 1.16 bits per heavy atom. The topological polar surface area (TPSA) is 322 Å². The Hall–Kier alpha value is -2.76. The van der Waals surface area contributed by atoms with Crippen LogP contribution in [-0.4, -0.2) is 193 Å². The van der Waals surface area contributed by atoms with Gasteiger partial charge in [0.25, 0.3) is 0 Å². The molecule has 0 aromatic rings. The molecule has 384 valence electrons. The highest BCUT2D eigenvalue weighted by Crippen LogP contribution is 2.31. The van der Waals surface area contributed by atoms with Crippen molar-refractivity contribution in [2.75, 3.05) is 6.61 Å². The fourth-order valence-corrected chi connectivity index (χ4v) is 7.96. The fourth-order valence-electron chi connectivity index (χ4n) is 7.96. The highest BCUT2D eigenvalue weighted by Gasteiger charge is 2.47. The Balaban J connectivity index is 1.90. The number of rotatable bonds is 31. The van der Waals surface area contributed by atoms with E-state index in [4.69, 9.17) is 14.6 Å². The first-order chi connectivity index (χ1) is 31.7. The molecule has 2 aliphatic heterocycles. The maximum Gasteiger partial charge on any atom is 0.115 e. The van der Waals surface area contributed by atoms with Crippen LogP contribution < -0.4 is 0 Å². The Morgan fingerprint density at radius 1 is 0.642 bits per heavy atom. The Morgan fingerprint density at radius 3 is 1.73 bits per heavy atom. The summed E-state index contributed by atoms with van der Waals surface area (Å²) < 4.78 is 11.5. The van der Waals surface area contributed by atoms with E-state index in [1.165, 1.54) is 12.2 Å². The van der Waals surface area contributed by atoms with Crippen LogP contribution in [0.25, 0.3) is 0 Å². The predicted molar refractivity (Wildman–Crippen MR) is 252 cm³/mol. The van der Waals surface area contributed by atoms with Gasteiger partial charge >= 0.3 is 0 Å². The molecule has 0 aromatic heterocycles. The number of unbranched alkanes of at least 4 members (excludes halogenated alkanes) is 2. The van der Waals surface area contributed by atoms with Crippen LogP contribution in [0.3, 0.4) is 0 Å². The molecule has 2 fully saturated rings. The lowest BCUT2D eigenvalue weighted by Crippen LogP contribution is -2.59. The molecule has 2 saturated heterocycles. The molecule has 0 aromatic carbocycles. The molecule has 0 amide bonds. The lowest BCUT2D eigenvalue weighted by atomic mass is 9.87. The lowest BCUT2D eigenvalue weighted by Gasteiger charge is -2.42. The van der Waals surface area contributed by atoms with Crippen molar-refractivity contribution in [3.8, 4) is 0 Å². The monoisotopic (exact) mass is 955 g/mol. The van der Waals surface area contributed by atoms with Crippen molar-refractivity contribution in [1.82, 2.24) is 0 Å². The highest BCUT2D eigenvalue weighted by atomic mass is 16.6. The molecule has 17 heteroatoms. The molecule has 2 aliphatic rings. The van der Waals surface area contributed by atoms with Gasteiger partial charge in [0.2, 0.25) is 0 Å². The van der Waals surface area contributed by atoms with E-state index >= 15 is 0 Å². The third-order valence-electron chi connectivity index (χ3n) is 12.4. The summed E-state index contributed by atoms with van der Waals surface area (Å²) in [7, 11) is 0. The van der Waals surface area contributed by atoms with Crippen molar-refractivity contribution in [2.45, 2.75) is 201 Å². The number of ether oxygens (including phenoxy) is 2. The van der Waals surface area contributed by atoms with Gasteiger partial charge in [0.1, 0.15) is 61.0 Å². The molecular formula is C50H82O17. The van der Waals surface area contributed by atoms with E-state index in [2.05, 4.69) is 19.2 Å². The van der Waals surface area contributed by atoms with Crippen molar-refractivity contribution in [3.63, 3.8) is 0 Å². The van der Waals surface area contributed by atoms with Gasteiger partial charge in [-0.05, 0) is 76.2 Å². The van der Waals surface area contributed by atoms with Gasteiger partial charge in [-0.1, -0.05) is 98.6 Å². The van der Waals surface area contributed by atoms with E-state index in [1.807, 2.05) is 42.5 Å². The minimum absolute atomic E-state index is 0.0282. The smallest absolute Gasteiger partial charge is 0.115 e. The van der Waals surface area contributed by atoms with Crippen molar-refractivity contribution in [1.29, 1.82) is 0 Å². The second-order valence-corrected chi connectivity index (χ2v) is 18.0. The van der Waals surface area contributed by atoms with E-state index in [-0.39, 0.29) is 69.5 Å². The zero-order valence-corrected chi connectivity index (χ0v) is 39.0. The fraction of sp³-hybridized carbons (Fsp3) is 0.680. The van der Waals surface area contributed by atoms with Crippen LogP contribution in [0.1, 0.15) is 90.9 Å². The minimum Gasteiger partial charge on any atom is -0.396 e. The Kier molecular flexibility index (Phi) is 29.0. The average molecular weight is 955 g/mol. The first kappa shape index (κ1) is 60.4. The number of aliphatic hydroxyl groups excluding tert-OH is 15. The molecule has 67 heavy (non-hydrogen) atoms. The third-order valence-corrected chi connectivity index (χ3v) is 12.4. The van der Waals surface area contributed by atoms with E-state index in [9.17, 15) is 71.5 Å². The van der Waals surface area contributed by atoms with Gasteiger partial charge in [0.15, 0.2) is 0 Å². The van der Waals surface area contributed by atoms with Gasteiger partial charge in [-0.25, -0.2) is 0 Å². The number of hydrogen-bond acceptors (Lipinski definition) is 17. The molecule has 17 nitrogen and oxygen atoms in total. The summed E-state index contributed by atoms with van der Waals surface area (Å²) in [5, 5.41) is 159. The molecule has 0 unspecified atom stereocenters. The van der Waals surface area contributed by atoms with Crippen LogP contribution in [0.5, 0.6) is 0 Å². The predicted octanol–water partition coefficient (Wildman–Crippen LogP) is 0.353. The van der Waals surface area contributed by atoms with Crippen molar-refractivity contribution in [2.24, 2.45) is 5.92 Å². The Labute approximate surface area is 395 Å². The lowest BCUT2D eigenvalue weighted by molar-refractivity contribution is -0.234. The second-order valence-electron chi connectivity index (χ2n) is 18.0. The van der Waals surface area contributed by atoms with Crippen LogP contribution in [0.4, 0.5) is 0 Å². The molecule has 15 N–H and O–H groups in total. The minimum atomic E-state index is -1.77. The van der Waals surface area contributed by atoms with Crippen LogP contribution in [0.2, 0.25) is 0 Å². The maximum absolute atomic E-state index is 11.1. The van der Waals surface area contributed by atoms with E-state index in [1.54, 1.807) is 26.0 Å². The van der Waals surface area contributed by atoms with E-state index < -0.39 is 110 Å². The summed E-state index contributed by atoms with van der Waals surface area (Å²) in [6.45, 7) is 10.6. The molecular weight excluding hydrogens is 873 g/mol.